The number of methoxy groups -OCH3 is 2. The zero-order valence-corrected chi connectivity index (χ0v) is 19.8. The molecule has 1 saturated carbocycles. The van der Waals surface area contributed by atoms with Gasteiger partial charge in [-0.05, 0) is 49.9 Å². The van der Waals surface area contributed by atoms with E-state index in [0.717, 1.165) is 24.5 Å². The number of hydrogen-bond acceptors (Lipinski definition) is 8. The lowest BCUT2D eigenvalue weighted by Gasteiger charge is -2.54. The second-order valence-corrected chi connectivity index (χ2v) is 8.71. The van der Waals surface area contributed by atoms with Crippen LogP contribution in [0.1, 0.15) is 38.3 Å². The van der Waals surface area contributed by atoms with Gasteiger partial charge in [-0.25, -0.2) is 0 Å². The van der Waals surface area contributed by atoms with E-state index in [2.05, 4.69) is 16.9 Å². The summed E-state index contributed by atoms with van der Waals surface area (Å²) >= 11 is 0. The molecule has 2 fully saturated rings. The van der Waals surface area contributed by atoms with E-state index in [1.807, 2.05) is 12.1 Å². The van der Waals surface area contributed by atoms with E-state index in [9.17, 15) is 4.79 Å². The third-order valence-electron chi connectivity index (χ3n) is 6.32. The van der Waals surface area contributed by atoms with E-state index >= 15 is 0 Å². The minimum atomic E-state index is -1.15. The zero-order chi connectivity index (χ0) is 23.7. The van der Waals surface area contributed by atoms with Gasteiger partial charge < -0.3 is 29.6 Å². The summed E-state index contributed by atoms with van der Waals surface area (Å²) in [5.74, 6) is 1.35. The number of allylic oxidation sites excluding steroid dienone is 1. The van der Waals surface area contributed by atoms with Gasteiger partial charge in [-0.2, -0.15) is 0 Å². The van der Waals surface area contributed by atoms with Crippen LogP contribution in [0.25, 0.3) is 0 Å². The lowest BCUT2D eigenvalue weighted by Crippen LogP contribution is -2.77. The third kappa shape index (κ3) is 6.10. The standard InChI is InChI=1S/C24H36N4O5/c1-18-5-7-20(8-6-18)33-21-9-12-27-19(13-21)14-24(32-17-31-3)22(15-26-11-4-10-25)28(16-30-2)23(24)29/h4,9-13,18,20,22H,5-8,14-17,25H2,1-3H3/t18?,20?,22-,24+/m0/s1. The van der Waals surface area contributed by atoms with E-state index in [4.69, 9.17) is 24.7 Å². The fourth-order valence-electron chi connectivity index (χ4n) is 4.52. The molecule has 1 aliphatic carbocycles. The molecule has 0 spiro atoms. The average molecular weight is 461 g/mol. The Hall–Kier alpha value is -2.49. The molecular weight excluding hydrogens is 424 g/mol. The highest BCUT2D eigenvalue weighted by atomic mass is 16.7. The predicted molar refractivity (Wildman–Crippen MR) is 125 cm³/mol. The topological polar surface area (TPSA) is 108 Å². The van der Waals surface area contributed by atoms with Gasteiger partial charge in [0.2, 0.25) is 0 Å². The highest BCUT2D eigenvalue weighted by molar-refractivity contribution is 5.93. The van der Waals surface area contributed by atoms with Gasteiger partial charge in [0.05, 0.1) is 18.7 Å². The normalized spacial score (nSPS) is 27.9. The number of rotatable bonds is 12. The molecule has 0 aromatic carbocycles. The molecule has 3 rings (SSSR count). The number of carbonyl (C=O) groups is 1. The van der Waals surface area contributed by atoms with Gasteiger partial charge in [-0.15, -0.1) is 0 Å². The number of nitrogens with two attached hydrogens (primary N) is 1. The molecule has 2 heterocycles. The molecule has 0 radical (unpaired) electrons. The van der Waals surface area contributed by atoms with Crippen molar-refractivity contribution in [2.75, 3.05) is 34.3 Å². The van der Waals surface area contributed by atoms with Crippen LogP contribution >= 0.6 is 0 Å². The Kier molecular flexibility index (Phi) is 9.22. The Bertz CT molecular complexity index is 825. The van der Waals surface area contributed by atoms with E-state index in [-0.39, 0.29) is 38.0 Å². The van der Waals surface area contributed by atoms with Crippen LogP contribution in [0.3, 0.4) is 0 Å². The summed E-state index contributed by atoms with van der Waals surface area (Å²) < 4.78 is 22.6. The number of β-lactam (4-membered cyclic amide) rings is 1. The molecule has 1 aromatic heterocycles. The third-order valence-corrected chi connectivity index (χ3v) is 6.32. The maximum absolute atomic E-state index is 13.2. The smallest absolute Gasteiger partial charge is 0.259 e. The highest BCUT2D eigenvalue weighted by Crippen LogP contribution is 2.38. The van der Waals surface area contributed by atoms with E-state index in [0.29, 0.717) is 12.2 Å². The number of pyridine rings is 1. The molecule has 2 aliphatic rings. The van der Waals surface area contributed by atoms with Gasteiger partial charge in [0, 0.05) is 44.8 Å². The first-order valence-corrected chi connectivity index (χ1v) is 11.4. The highest BCUT2D eigenvalue weighted by Gasteiger charge is 2.62. The SMILES string of the molecule is COCO[C@@]1(Cc2cc(OC3CCC(C)CC3)ccn2)C(=O)N(COC)[C@H]1CN=CC=CN. The van der Waals surface area contributed by atoms with Crippen LogP contribution < -0.4 is 10.5 Å². The molecule has 33 heavy (non-hydrogen) atoms. The van der Waals surface area contributed by atoms with Crippen molar-refractivity contribution in [3.05, 3.63) is 36.3 Å². The number of aliphatic imine (C=N–C) groups is 1. The molecule has 182 valence electrons. The predicted octanol–water partition coefficient (Wildman–Crippen LogP) is 2.30. The van der Waals surface area contributed by atoms with Crippen molar-refractivity contribution >= 4 is 12.1 Å². The van der Waals surface area contributed by atoms with Crippen molar-refractivity contribution in [2.45, 2.75) is 56.8 Å². The Morgan fingerprint density at radius 3 is 2.76 bits per heavy atom. The van der Waals surface area contributed by atoms with Crippen LogP contribution in [0.2, 0.25) is 0 Å². The molecule has 9 nitrogen and oxygen atoms in total. The van der Waals surface area contributed by atoms with Gasteiger partial charge in [0.25, 0.3) is 5.91 Å². The molecule has 1 amide bonds. The Balaban J connectivity index is 1.78. The number of likely N-dealkylation sites (tertiary alicyclic amines) is 1. The van der Waals surface area contributed by atoms with Gasteiger partial charge >= 0.3 is 0 Å². The van der Waals surface area contributed by atoms with Crippen molar-refractivity contribution in [3.8, 4) is 5.75 Å². The van der Waals surface area contributed by atoms with E-state index in [1.165, 1.54) is 26.2 Å². The molecular formula is C24H36N4O5. The average Bonchev–Trinajstić information content (AvgIpc) is 2.82. The van der Waals surface area contributed by atoms with Crippen LogP contribution in [-0.2, 0) is 25.4 Å². The summed E-state index contributed by atoms with van der Waals surface area (Å²) in [6.45, 7) is 2.75. The number of aromatic nitrogens is 1. The van der Waals surface area contributed by atoms with Crippen molar-refractivity contribution in [1.82, 2.24) is 9.88 Å². The zero-order valence-electron chi connectivity index (χ0n) is 19.8. The first-order chi connectivity index (χ1) is 16.0. The second kappa shape index (κ2) is 12.1. The minimum Gasteiger partial charge on any atom is -0.490 e. The summed E-state index contributed by atoms with van der Waals surface area (Å²) in [5, 5.41) is 0. The number of hydrogen-bond donors (Lipinski definition) is 1. The second-order valence-electron chi connectivity index (χ2n) is 8.71. The monoisotopic (exact) mass is 460 g/mol. The molecule has 2 N–H and O–H groups in total. The fourth-order valence-corrected chi connectivity index (χ4v) is 4.52. The summed E-state index contributed by atoms with van der Waals surface area (Å²) in [4.78, 5) is 23.7. The molecule has 9 heteroatoms. The van der Waals surface area contributed by atoms with E-state index in [1.54, 1.807) is 30.5 Å². The maximum atomic E-state index is 13.2. The molecule has 0 unspecified atom stereocenters. The quantitative estimate of drug-likeness (QED) is 0.290. The lowest BCUT2D eigenvalue weighted by atomic mass is 9.78. The van der Waals surface area contributed by atoms with Crippen LogP contribution in [0.5, 0.6) is 5.75 Å². The van der Waals surface area contributed by atoms with Crippen molar-refractivity contribution in [2.24, 2.45) is 16.6 Å². The lowest BCUT2D eigenvalue weighted by molar-refractivity contribution is -0.231. The van der Waals surface area contributed by atoms with Crippen LogP contribution in [0.4, 0.5) is 0 Å². The molecule has 1 aliphatic heterocycles. The first kappa shape index (κ1) is 25.1. The number of carbonyl (C=O) groups excluding carboxylic acids is 1. The van der Waals surface area contributed by atoms with Gasteiger partial charge in [0.1, 0.15) is 19.3 Å². The number of ether oxygens (including phenoxy) is 4. The van der Waals surface area contributed by atoms with Crippen molar-refractivity contribution < 1.29 is 23.7 Å². The Morgan fingerprint density at radius 2 is 2.06 bits per heavy atom. The Morgan fingerprint density at radius 1 is 1.27 bits per heavy atom. The van der Waals surface area contributed by atoms with Crippen LogP contribution in [-0.4, -0.2) is 74.0 Å². The molecule has 2 atom stereocenters. The molecule has 1 aromatic rings. The van der Waals surface area contributed by atoms with Crippen LogP contribution in [0, 0.1) is 5.92 Å². The van der Waals surface area contributed by atoms with Crippen molar-refractivity contribution in [3.63, 3.8) is 0 Å². The summed E-state index contributed by atoms with van der Waals surface area (Å²) in [6.07, 6.45) is 11.3. The minimum absolute atomic E-state index is 0.0219. The van der Waals surface area contributed by atoms with Gasteiger partial charge in [-0.1, -0.05) is 6.92 Å². The molecule has 0 bridgehead atoms. The van der Waals surface area contributed by atoms with Crippen molar-refractivity contribution in [1.29, 1.82) is 0 Å². The number of nitrogens with zero attached hydrogens (tertiary/aromatic N) is 3. The maximum Gasteiger partial charge on any atom is 0.259 e. The van der Waals surface area contributed by atoms with Gasteiger partial charge in [-0.3, -0.25) is 14.8 Å². The first-order valence-electron chi connectivity index (χ1n) is 11.4. The van der Waals surface area contributed by atoms with Gasteiger partial charge in [0.15, 0.2) is 5.60 Å². The summed E-state index contributed by atoms with van der Waals surface area (Å²) in [6, 6.07) is 3.43. The molecule has 1 saturated heterocycles. The van der Waals surface area contributed by atoms with Crippen LogP contribution in [0.15, 0.2) is 35.6 Å². The summed E-state index contributed by atoms with van der Waals surface area (Å²) in [7, 11) is 3.08. The fraction of sp³-hybridized carbons (Fsp3) is 0.625. The Labute approximate surface area is 195 Å². The summed E-state index contributed by atoms with van der Waals surface area (Å²) in [5.41, 5.74) is 4.95. The largest absolute Gasteiger partial charge is 0.490 e. The van der Waals surface area contributed by atoms with E-state index < -0.39 is 5.60 Å². The number of amides is 1.